The number of nitriles is 2. The van der Waals surface area contributed by atoms with Crippen LogP contribution in [-0.2, 0) is 0 Å². The van der Waals surface area contributed by atoms with Gasteiger partial charge in [0.25, 0.3) is 0 Å². The van der Waals surface area contributed by atoms with Crippen molar-refractivity contribution in [1.82, 2.24) is 9.97 Å². The third-order valence-corrected chi connectivity index (χ3v) is 7.46. The van der Waals surface area contributed by atoms with Gasteiger partial charge in [-0.15, -0.1) is 22.7 Å². The molecule has 35 heavy (non-hydrogen) atoms. The molecule has 2 aromatic heterocycles. The lowest BCUT2D eigenvalue weighted by molar-refractivity contribution is 0.403. The topological polar surface area (TPSA) is 114 Å². The van der Waals surface area contributed by atoms with Crippen molar-refractivity contribution in [2.75, 3.05) is 0 Å². The maximum absolute atomic E-state index is 13.3. The van der Waals surface area contributed by atoms with Crippen molar-refractivity contribution >= 4 is 61.8 Å². The van der Waals surface area contributed by atoms with E-state index in [2.05, 4.69) is 9.97 Å². The number of halogens is 3. The Kier molecular flexibility index (Phi) is 8.76. The predicted octanol–water partition coefficient (Wildman–Crippen LogP) is 6.40. The predicted molar refractivity (Wildman–Crippen MR) is 135 cm³/mol. The molecule has 6 nitrogen and oxygen atoms in total. The summed E-state index contributed by atoms with van der Waals surface area (Å²) in [6, 6.07) is 9.22. The van der Waals surface area contributed by atoms with Gasteiger partial charge in [-0.1, -0.05) is 31.9 Å². The van der Waals surface area contributed by atoms with E-state index in [4.69, 9.17) is 32.2 Å². The Morgan fingerprint density at radius 3 is 1.83 bits per heavy atom. The van der Waals surface area contributed by atoms with E-state index >= 15 is 0 Å². The third-order valence-electron chi connectivity index (χ3n) is 5.16. The molecule has 6 rings (SSSR count). The van der Waals surface area contributed by atoms with Gasteiger partial charge in [-0.2, -0.15) is 10.5 Å². The van der Waals surface area contributed by atoms with Crippen LogP contribution in [0, 0.1) is 34.3 Å². The van der Waals surface area contributed by atoms with Crippen molar-refractivity contribution < 1.29 is 18.8 Å². The SMILES string of the molecule is C.N#Cc1cc2sc(C3CC3)nc2cc1F.N#Cc1cc2sc(Cl)nc2cc1F.OB(O)C1CC1. The lowest BCUT2D eigenvalue weighted by Crippen LogP contribution is -2.09. The fourth-order valence-electron chi connectivity index (χ4n) is 2.96. The number of benzene rings is 2. The fraction of sp³-hybridized carbons (Fsp3) is 0.304. The third kappa shape index (κ3) is 6.72. The van der Waals surface area contributed by atoms with E-state index < -0.39 is 18.8 Å². The molecular weight excluding hydrogens is 513 g/mol. The summed E-state index contributed by atoms with van der Waals surface area (Å²) < 4.78 is 28.3. The minimum atomic E-state index is -1.04. The molecule has 0 unspecified atom stereocenters. The van der Waals surface area contributed by atoms with Crippen molar-refractivity contribution in [1.29, 1.82) is 10.5 Å². The zero-order valence-electron chi connectivity index (χ0n) is 17.5. The summed E-state index contributed by atoms with van der Waals surface area (Å²) in [6.45, 7) is 0. The van der Waals surface area contributed by atoms with Crippen LogP contribution >= 0.6 is 34.3 Å². The van der Waals surface area contributed by atoms with E-state index in [1.807, 2.05) is 6.07 Å². The first-order chi connectivity index (χ1) is 16.3. The molecule has 2 aliphatic rings. The van der Waals surface area contributed by atoms with Crippen LogP contribution in [0.2, 0.25) is 10.3 Å². The highest BCUT2D eigenvalue weighted by atomic mass is 35.5. The average Bonchev–Trinajstić information content (AvgIpc) is 3.72. The summed E-state index contributed by atoms with van der Waals surface area (Å²) in [5.41, 5.74) is 1.30. The molecule has 2 N–H and O–H groups in total. The first-order valence-electron chi connectivity index (χ1n) is 10.3. The normalized spacial score (nSPS) is 14.0. The molecule has 2 aliphatic carbocycles. The zero-order chi connectivity index (χ0) is 24.4. The van der Waals surface area contributed by atoms with E-state index in [0.717, 1.165) is 27.2 Å². The lowest BCUT2D eigenvalue weighted by atomic mass is 9.84. The molecule has 4 aromatic rings. The van der Waals surface area contributed by atoms with E-state index in [9.17, 15) is 8.78 Å². The van der Waals surface area contributed by atoms with Gasteiger partial charge < -0.3 is 10.0 Å². The molecule has 0 saturated heterocycles. The molecule has 0 radical (unpaired) electrons. The Hall–Kier alpha value is -2.67. The summed E-state index contributed by atoms with van der Waals surface area (Å²) in [5.74, 6) is -0.240. The summed E-state index contributed by atoms with van der Waals surface area (Å²) in [4.78, 5) is 8.26. The molecule has 2 saturated carbocycles. The molecule has 2 aromatic carbocycles. The van der Waals surface area contributed by atoms with Crippen LogP contribution in [-0.4, -0.2) is 27.1 Å². The number of thiazole rings is 2. The number of rotatable bonds is 2. The van der Waals surface area contributed by atoms with E-state index in [1.165, 1.54) is 42.4 Å². The van der Waals surface area contributed by atoms with Gasteiger partial charge in [0, 0.05) is 18.1 Å². The van der Waals surface area contributed by atoms with Gasteiger partial charge in [0.05, 0.1) is 36.6 Å². The second-order valence-electron chi connectivity index (χ2n) is 7.87. The van der Waals surface area contributed by atoms with Gasteiger partial charge >= 0.3 is 7.12 Å². The highest BCUT2D eigenvalue weighted by Crippen LogP contribution is 2.43. The summed E-state index contributed by atoms with van der Waals surface area (Å²) in [5, 5.41) is 34.8. The van der Waals surface area contributed by atoms with Gasteiger partial charge in [-0.3, -0.25) is 0 Å². The smallest absolute Gasteiger partial charge is 0.427 e. The second-order valence-corrected chi connectivity index (χ2v) is 10.5. The standard InChI is InChI=1S/C11H7FN2S.C8H2ClFN2S.C3H7BO2.CH4/c12-8-4-9-10(3-7(8)5-13)15-11(14-9)6-1-2-6;9-8-12-6-2-5(10)4(3-11)1-7(6)13-8;5-4(6)3-1-2-3;/h3-4,6H,1-2H2;1-2H;3,5-6H,1-2H2;1H4. The monoisotopic (exact) mass is 532 g/mol. The fourth-order valence-corrected chi connectivity index (χ4v) is 5.17. The molecule has 0 atom stereocenters. The highest BCUT2D eigenvalue weighted by Gasteiger charge is 2.33. The van der Waals surface area contributed by atoms with Gasteiger partial charge in [-0.25, -0.2) is 18.7 Å². The maximum atomic E-state index is 13.3. The minimum Gasteiger partial charge on any atom is -0.427 e. The Balaban J connectivity index is 0.000000157. The first-order valence-corrected chi connectivity index (χ1v) is 12.3. The summed E-state index contributed by atoms with van der Waals surface area (Å²) in [6.07, 6.45) is 4.37. The molecule has 12 heteroatoms. The van der Waals surface area contributed by atoms with E-state index in [1.54, 1.807) is 23.5 Å². The first kappa shape index (κ1) is 26.9. The maximum Gasteiger partial charge on any atom is 0.454 e. The van der Waals surface area contributed by atoms with E-state index in [-0.39, 0.29) is 24.4 Å². The highest BCUT2D eigenvalue weighted by molar-refractivity contribution is 7.22. The molecule has 0 bridgehead atoms. The van der Waals surface area contributed by atoms with Gasteiger partial charge in [0.1, 0.15) is 23.8 Å². The number of hydrogen-bond acceptors (Lipinski definition) is 8. The van der Waals surface area contributed by atoms with Crippen LogP contribution in [0.3, 0.4) is 0 Å². The second kappa shape index (κ2) is 11.4. The van der Waals surface area contributed by atoms with Crippen LogP contribution in [0.5, 0.6) is 0 Å². The molecule has 0 spiro atoms. The molecule has 0 aliphatic heterocycles. The number of nitrogens with zero attached hydrogens (tertiary/aromatic N) is 4. The quantitative estimate of drug-likeness (QED) is 0.289. The van der Waals surface area contributed by atoms with Crippen molar-refractivity contribution in [3.05, 3.63) is 56.5 Å². The largest absolute Gasteiger partial charge is 0.454 e. The Morgan fingerprint density at radius 1 is 0.886 bits per heavy atom. The Morgan fingerprint density at radius 2 is 1.40 bits per heavy atom. The Bertz CT molecular complexity index is 1440. The number of fused-ring (bicyclic) bond motifs is 2. The molecule has 180 valence electrons. The molecular formula is C23H20BClF2N4O2S2. The van der Waals surface area contributed by atoms with Crippen LogP contribution in [0.1, 0.15) is 55.2 Å². The van der Waals surface area contributed by atoms with Crippen molar-refractivity contribution in [2.24, 2.45) is 0 Å². The van der Waals surface area contributed by atoms with Gasteiger partial charge in [-0.05, 0) is 30.8 Å². The summed E-state index contributed by atoms with van der Waals surface area (Å²) in [7, 11) is -1.04. The summed E-state index contributed by atoms with van der Waals surface area (Å²) >= 11 is 8.44. The van der Waals surface area contributed by atoms with Crippen LogP contribution in [0.4, 0.5) is 8.78 Å². The zero-order valence-corrected chi connectivity index (χ0v) is 19.9. The minimum absolute atomic E-state index is 0. The van der Waals surface area contributed by atoms with Crippen LogP contribution in [0.25, 0.3) is 20.4 Å². The number of aromatic nitrogens is 2. The average molecular weight is 533 g/mol. The van der Waals surface area contributed by atoms with E-state index in [0.29, 0.717) is 21.4 Å². The Labute approximate surface area is 214 Å². The van der Waals surface area contributed by atoms with Crippen LogP contribution < -0.4 is 0 Å². The van der Waals surface area contributed by atoms with Crippen molar-refractivity contribution in [2.45, 2.75) is 44.8 Å². The van der Waals surface area contributed by atoms with Gasteiger partial charge in [0.15, 0.2) is 4.47 Å². The lowest BCUT2D eigenvalue weighted by Gasteiger charge is -1.91. The van der Waals surface area contributed by atoms with Crippen LogP contribution in [0.15, 0.2) is 24.3 Å². The number of hydrogen-bond donors (Lipinski definition) is 2. The molecule has 0 amide bonds. The van der Waals surface area contributed by atoms with Gasteiger partial charge in [0.2, 0.25) is 0 Å². The van der Waals surface area contributed by atoms with Crippen molar-refractivity contribution in [3.63, 3.8) is 0 Å². The molecule has 2 fully saturated rings. The molecule has 2 heterocycles. The van der Waals surface area contributed by atoms with Crippen molar-refractivity contribution in [3.8, 4) is 12.1 Å².